The van der Waals surface area contributed by atoms with Gasteiger partial charge in [-0.2, -0.15) is 0 Å². The second-order valence-corrected chi connectivity index (χ2v) is 5.83. The summed E-state index contributed by atoms with van der Waals surface area (Å²) < 4.78 is 24.3. The molecular weight excluding hydrogens is 248 g/mol. The molecule has 0 amide bonds. The van der Waals surface area contributed by atoms with Crippen LogP contribution in [0.4, 0.5) is 8.78 Å². The van der Waals surface area contributed by atoms with Gasteiger partial charge >= 0.3 is 0 Å². The highest BCUT2D eigenvalue weighted by molar-refractivity contribution is 4.80. The number of nitrogens with zero attached hydrogens (tertiary/aromatic N) is 1. The molecule has 5 heteroatoms. The SMILES string of the molecule is C1CCC(N2CCNCC2)C1.FC1(F)CCNCC1. The van der Waals surface area contributed by atoms with Gasteiger partial charge in [-0.05, 0) is 12.8 Å². The van der Waals surface area contributed by atoms with Gasteiger partial charge in [0.25, 0.3) is 5.92 Å². The smallest absolute Gasteiger partial charge is 0.250 e. The molecule has 2 aliphatic heterocycles. The number of halogens is 2. The minimum atomic E-state index is -2.38. The molecule has 2 N–H and O–H groups in total. The van der Waals surface area contributed by atoms with Crippen molar-refractivity contribution in [2.45, 2.75) is 50.5 Å². The molecular formula is C14H27F2N3. The molecule has 0 bridgehead atoms. The molecule has 0 spiro atoms. The van der Waals surface area contributed by atoms with Crippen molar-refractivity contribution in [2.75, 3.05) is 39.3 Å². The lowest BCUT2D eigenvalue weighted by Crippen LogP contribution is -2.47. The van der Waals surface area contributed by atoms with Crippen molar-refractivity contribution >= 4 is 0 Å². The molecule has 0 unspecified atom stereocenters. The number of hydrogen-bond acceptors (Lipinski definition) is 3. The van der Waals surface area contributed by atoms with Crippen LogP contribution in [0.25, 0.3) is 0 Å². The first-order valence-corrected chi connectivity index (χ1v) is 7.71. The first kappa shape index (κ1) is 15.1. The van der Waals surface area contributed by atoms with Gasteiger partial charge in [0, 0.05) is 58.2 Å². The van der Waals surface area contributed by atoms with Crippen LogP contribution in [0.2, 0.25) is 0 Å². The van der Waals surface area contributed by atoms with E-state index in [0.29, 0.717) is 13.1 Å². The summed E-state index contributed by atoms with van der Waals surface area (Å²) in [7, 11) is 0. The van der Waals surface area contributed by atoms with E-state index in [9.17, 15) is 8.78 Å². The summed E-state index contributed by atoms with van der Waals surface area (Å²) in [6, 6.07) is 0.942. The highest BCUT2D eigenvalue weighted by Crippen LogP contribution is 2.24. The van der Waals surface area contributed by atoms with Gasteiger partial charge in [-0.1, -0.05) is 12.8 Å². The fraction of sp³-hybridized carbons (Fsp3) is 1.00. The average molecular weight is 275 g/mol. The first-order valence-electron chi connectivity index (χ1n) is 7.71. The summed E-state index contributed by atoms with van der Waals surface area (Å²) in [5, 5.41) is 6.26. The molecule has 2 saturated heterocycles. The summed E-state index contributed by atoms with van der Waals surface area (Å²) in [6.45, 7) is 5.91. The van der Waals surface area contributed by atoms with Crippen LogP contribution in [-0.2, 0) is 0 Å². The van der Waals surface area contributed by atoms with Gasteiger partial charge in [0.05, 0.1) is 0 Å². The maximum absolute atomic E-state index is 12.2. The van der Waals surface area contributed by atoms with Crippen molar-refractivity contribution in [3.05, 3.63) is 0 Å². The molecule has 112 valence electrons. The lowest BCUT2D eigenvalue weighted by atomic mass is 10.1. The van der Waals surface area contributed by atoms with Gasteiger partial charge in [0.15, 0.2) is 0 Å². The van der Waals surface area contributed by atoms with E-state index in [1.165, 1.54) is 51.9 Å². The molecule has 1 aliphatic carbocycles. The average Bonchev–Trinajstić information content (AvgIpc) is 2.94. The lowest BCUT2D eigenvalue weighted by Gasteiger charge is -2.32. The number of piperazine rings is 1. The highest BCUT2D eigenvalue weighted by Gasteiger charge is 2.30. The van der Waals surface area contributed by atoms with Gasteiger partial charge in [0.1, 0.15) is 0 Å². The van der Waals surface area contributed by atoms with E-state index in [-0.39, 0.29) is 12.8 Å². The van der Waals surface area contributed by atoms with Crippen molar-refractivity contribution < 1.29 is 8.78 Å². The lowest BCUT2D eigenvalue weighted by molar-refractivity contribution is -0.0274. The fourth-order valence-electron chi connectivity index (χ4n) is 3.11. The van der Waals surface area contributed by atoms with Gasteiger partial charge < -0.3 is 10.6 Å². The standard InChI is InChI=1S/C9H18N2.C5H9F2N/c1-2-4-9(3-1)11-7-5-10-6-8-11;6-5(7)1-3-8-4-2-5/h9-10H,1-8H2;8H,1-4H2. The Bertz CT molecular complexity index is 241. The molecule has 1 saturated carbocycles. The van der Waals surface area contributed by atoms with Crippen LogP contribution >= 0.6 is 0 Å². The molecule has 3 fully saturated rings. The summed E-state index contributed by atoms with van der Waals surface area (Å²) >= 11 is 0. The number of rotatable bonds is 1. The zero-order valence-corrected chi connectivity index (χ0v) is 11.8. The number of alkyl halides is 2. The Labute approximate surface area is 115 Å². The first-order chi connectivity index (χ1) is 9.17. The van der Waals surface area contributed by atoms with E-state index < -0.39 is 5.92 Å². The molecule has 3 rings (SSSR count). The van der Waals surface area contributed by atoms with E-state index in [1.807, 2.05) is 0 Å². The van der Waals surface area contributed by atoms with Gasteiger partial charge in [-0.15, -0.1) is 0 Å². The molecule has 3 nitrogen and oxygen atoms in total. The number of hydrogen-bond donors (Lipinski definition) is 2. The third kappa shape index (κ3) is 5.32. The van der Waals surface area contributed by atoms with E-state index in [4.69, 9.17) is 0 Å². The summed E-state index contributed by atoms with van der Waals surface area (Å²) in [5.74, 6) is -2.38. The van der Waals surface area contributed by atoms with Crippen LogP contribution in [-0.4, -0.2) is 56.1 Å². The number of nitrogens with one attached hydrogen (secondary N) is 2. The van der Waals surface area contributed by atoms with Gasteiger partial charge in [0.2, 0.25) is 0 Å². The zero-order chi connectivity index (χ0) is 13.6. The van der Waals surface area contributed by atoms with Crippen LogP contribution < -0.4 is 10.6 Å². The maximum Gasteiger partial charge on any atom is 0.250 e. The normalized spacial score (nSPS) is 28.7. The summed E-state index contributed by atoms with van der Waals surface area (Å²) in [4.78, 5) is 2.67. The van der Waals surface area contributed by atoms with Crippen LogP contribution in [0, 0.1) is 0 Å². The van der Waals surface area contributed by atoms with Crippen molar-refractivity contribution in [3.63, 3.8) is 0 Å². The molecule has 0 aromatic heterocycles. The monoisotopic (exact) mass is 275 g/mol. The Morgan fingerprint density at radius 1 is 0.842 bits per heavy atom. The Hall–Kier alpha value is -0.260. The summed E-state index contributed by atoms with van der Waals surface area (Å²) in [6.07, 6.45) is 5.86. The summed E-state index contributed by atoms with van der Waals surface area (Å²) in [5.41, 5.74) is 0. The second-order valence-electron chi connectivity index (χ2n) is 5.83. The largest absolute Gasteiger partial charge is 0.316 e. The van der Waals surface area contributed by atoms with Crippen LogP contribution in [0.15, 0.2) is 0 Å². The Morgan fingerprint density at radius 3 is 1.84 bits per heavy atom. The van der Waals surface area contributed by atoms with Crippen molar-refractivity contribution in [3.8, 4) is 0 Å². The minimum absolute atomic E-state index is 0.00694. The van der Waals surface area contributed by atoms with Gasteiger partial charge in [-0.3, -0.25) is 4.90 Å². The molecule has 0 atom stereocenters. The third-order valence-electron chi connectivity index (χ3n) is 4.33. The maximum atomic E-state index is 12.2. The predicted octanol–water partition coefficient (Wildman–Crippen LogP) is 1.84. The van der Waals surface area contributed by atoms with E-state index >= 15 is 0 Å². The second kappa shape index (κ2) is 7.50. The quantitative estimate of drug-likeness (QED) is 0.764. The van der Waals surface area contributed by atoms with Crippen molar-refractivity contribution in [2.24, 2.45) is 0 Å². The number of piperidine rings is 1. The van der Waals surface area contributed by atoms with Crippen molar-refractivity contribution in [1.82, 2.24) is 15.5 Å². The Kier molecular flexibility index (Phi) is 5.98. The predicted molar refractivity (Wildman–Crippen MR) is 73.7 cm³/mol. The van der Waals surface area contributed by atoms with E-state index in [0.717, 1.165) is 6.04 Å². The molecule has 0 radical (unpaired) electrons. The molecule has 19 heavy (non-hydrogen) atoms. The fourth-order valence-corrected chi connectivity index (χ4v) is 3.11. The topological polar surface area (TPSA) is 27.3 Å². The Balaban J connectivity index is 0.000000148. The molecule has 2 heterocycles. The highest BCUT2D eigenvalue weighted by atomic mass is 19.3. The molecule has 0 aromatic carbocycles. The zero-order valence-electron chi connectivity index (χ0n) is 11.8. The third-order valence-corrected chi connectivity index (χ3v) is 4.33. The minimum Gasteiger partial charge on any atom is -0.316 e. The van der Waals surface area contributed by atoms with E-state index in [2.05, 4.69) is 15.5 Å². The van der Waals surface area contributed by atoms with Crippen LogP contribution in [0.5, 0.6) is 0 Å². The Morgan fingerprint density at radius 2 is 1.37 bits per heavy atom. The van der Waals surface area contributed by atoms with Crippen molar-refractivity contribution in [1.29, 1.82) is 0 Å². The van der Waals surface area contributed by atoms with Gasteiger partial charge in [-0.25, -0.2) is 8.78 Å². The van der Waals surface area contributed by atoms with Crippen LogP contribution in [0.3, 0.4) is 0 Å². The van der Waals surface area contributed by atoms with E-state index in [1.54, 1.807) is 0 Å². The molecule has 3 aliphatic rings. The van der Waals surface area contributed by atoms with Crippen LogP contribution in [0.1, 0.15) is 38.5 Å². The molecule has 0 aromatic rings.